The van der Waals surface area contributed by atoms with Gasteiger partial charge in [-0.05, 0) is 44.0 Å². The average Bonchev–Trinajstić information content (AvgIpc) is 3.26. The number of aromatic nitrogens is 3. The van der Waals surface area contributed by atoms with Gasteiger partial charge in [0.1, 0.15) is 5.75 Å². The summed E-state index contributed by atoms with van der Waals surface area (Å²) in [6.45, 7) is 3.32. The summed E-state index contributed by atoms with van der Waals surface area (Å²) in [4.78, 5) is 0.293. The van der Waals surface area contributed by atoms with Crippen LogP contribution in [0.2, 0.25) is 0 Å². The van der Waals surface area contributed by atoms with Gasteiger partial charge in [-0.2, -0.15) is 4.31 Å². The lowest BCUT2D eigenvalue weighted by atomic mass is 10.2. The number of hydrogen-bond donors (Lipinski definition) is 0. The Balaban J connectivity index is 1.42. The molecule has 2 aromatic rings. The highest BCUT2D eigenvalue weighted by Crippen LogP contribution is 2.39. The number of sulfonamides is 1. The number of nitrogens with zero attached hydrogens (tertiary/aromatic N) is 4. The molecule has 0 unspecified atom stereocenters. The molecule has 1 aromatic carbocycles. The van der Waals surface area contributed by atoms with E-state index < -0.39 is 10.0 Å². The SMILES string of the molecule is CCOc1ccc(S(=O)(=O)N2CC(n3cc(C4CC4)nn3)C2)cc1. The van der Waals surface area contributed by atoms with Gasteiger partial charge < -0.3 is 4.74 Å². The van der Waals surface area contributed by atoms with Gasteiger partial charge >= 0.3 is 0 Å². The zero-order chi connectivity index (χ0) is 16.7. The molecule has 1 saturated carbocycles. The van der Waals surface area contributed by atoms with E-state index in [4.69, 9.17) is 4.74 Å². The Morgan fingerprint density at radius 1 is 1.21 bits per heavy atom. The minimum Gasteiger partial charge on any atom is -0.494 e. The standard InChI is InChI=1S/C16H20N4O3S/c1-2-23-14-5-7-15(8-6-14)24(21,22)19-9-13(10-19)20-11-16(17-18-20)12-3-4-12/h5-8,11-13H,2-4,9-10H2,1H3. The minimum absolute atomic E-state index is 0.0717. The first-order valence-electron chi connectivity index (χ1n) is 8.22. The predicted octanol–water partition coefficient (Wildman–Crippen LogP) is 1.80. The van der Waals surface area contributed by atoms with Crippen LogP contribution in [-0.2, 0) is 10.0 Å². The van der Waals surface area contributed by atoms with Crippen LogP contribution >= 0.6 is 0 Å². The lowest BCUT2D eigenvalue weighted by Crippen LogP contribution is -2.50. The van der Waals surface area contributed by atoms with E-state index in [9.17, 15) is 8.42 Å². The molecule has 2 fully saturated rings. The Labute approximate surface area is 141 Å². The second-order valence-electron chi connectivity index (χ2n) is 6.28. The van der Waals surface area contributed by atoms with E-state index in [1.165, 1.54) is 17.1 Å². The van der Waals surface area contributed by atoms with Gasteiger partial charge in [-0.15, -0.1) is 5.10 Å². The molecular formula is C16H20N4O3S. The van der Waals surface area contributed by atoms with E-state index in [1.807, 2.05) is 13.1 Å². The largest absolute Gasteiger partial charge is 0.494 e. The zero-order valence-electron chi connectivity index (χ0n) is 13.5. The Kier molecular flexibility index (Phi) is 3.80. The van der Waals surface area contributed by atoms with Crippen molar-refractivity contribution in [3.8, 4) is 5.75 Å². The van der Waals surface area contributed by atoms with Crippen molar-refractivity contribution in [1.82, 2.24) is 19.3 Å². The normalized spacial score (nSPS) is 19.2. The average molecular weight is 348 g/mol. The maximum absolute atomic E-state index is 12.6. The van der Waals surface area contributed by atoms with Crippen molar-refractivity contribution in [2.45, 2.75) is 36.6 Å². The van der Waals surface area contributed by atoms with Gasteiger partial charge in [-0.3, -0.25) is 0 Å². The highest BCUT2D eigenvalue weighted by molar-refractivity contribution is 7.89. The fourth-order valence-electron chi connectivity index (χ4n) is 2.84. The van der Waals surface area contributed by atoms with Gasteiger partial charge in [-0.25, -0.2) is 13.1 Å². The first-order valence-corrected chi connectivity index (χ1v) is 9.66. The third-order valence-electron chi connectivity index (χ3n) is 4.50. The van der Waals surface area contributed by atoms with Gasteiger partial charge in [0.2, 0.25) is 10.0 Å². The van der Waals surface area contributed by atoms with E-state index in [2.05, 4.69) is 10.3 Å². The Morgan fingerprint density at radius 2 is 1.92 bits per heavy atom. The summed E-state index contributed by atoms with van der Waals surface area (Å²) >= 11 is 0. The number of benzene rings is 1. The molecule has 0 radical (unpaired) electrons. The van der Waals surface area contributed by atoms with Crippen LogP contribution < -0.4 is 4.74 Å². The molecule has 1 saturated heterocycles. The lowest BCUT2D eigenvalue weighted by Gasteiger charge is -2.37. The van der Waals surface area contributed by atoms with Gasteiger partial charge in [-0.1, -0.05) is 5.21 Å². The summed E-state index contributed by atoms with van der Waals surface area (Å²) in [5.74, 6) is 1.23. The van der Waals surface area contributed by atoms with Crippen LogP contribution in [0.25, 0.3) is 0 Å². The molecule has 0 bridgehead atoms. The van der Waals surface area contributed by atoms with Crippen LogP contribution in [0.5, 0.6) is 5.75 Å². The van der Waals surface area contributed by atoms with E-state index in [1.54, 1.807) is 28.9 Å². The van der Waals surface area contributed by atoms with Crippen molar-refractivity contribution in [2.75, 3.05) is 19.7 Å². The van der Waals surface area contributed by atoms with Crippen molar-refractivity contribution in [2.24, 2.45) is 0 Å². The molecule has 24 heavy (non-hydrogen) atoms. The summed E-state index contributed by atoms with van der Waals surface area (Å²) in [5, 5.41) is 8.33. The van der Waals surface area contributed by atoms with E-state index >= 15 is 0 Å². The molecular weight excluding hydrogens is 328 g/mol. The topological polar surface area (TPSA) is 77.3 Å². The lowest BCUT2D eigenvalue weighted by molar-refractivity contribution is 0.189. The van der Waals surface area contributed by atoms with Crippen LogP contribution in [0.15, 0.2) is 35.4 Å². The molecule has 1 aromatic heterocycles. The van der Waals surface area contributed by atoms with Gasteiger partial charge in [0, 0.05) is 25.2 Å². The quantitative estimate of drug-likeness (QED) is 0.795. The molecule has 128 valence electrons. The van der Waals surface area contributed by atoms with Crippen LogP contribution in [-0.4, -0.2) is 47.4 Å². The summed E-state index contributed by atoms with van der Waals surface area (Å²) in [6, 6.07) is 6.63. The van der Waals surface area contributed by atoms with Crippen molar-refractivity contribution >= 4 is 10.0 Å². The summed E-state index contributed by atoms with van der Waals surface area (Å²) in [6.07, 6.45) is 4.33. The number of ether oxygens (including phenoxy) is 1. The molecule has 0 N–H and O–H groups in total. The summed E-state index contributed by atoms with van der Waals surface area (Å²) in [5.41, 5.74) is 1.03. The number of rotatable bonds is 6. The van der Waals surface area contributed by atoms with E-state index in [0.717, 1.165) is 5.69 Å². The molecule has 0 amide bonds. The predicted molar refractivity (Wildman–Crippen MR) is 87.4 cm³/mol. The van der Waals surface area contributed by atoms with Crippen molar-refractivity contribution in [3.05, 3.63) is 36.2 Å². The van der Waals surface area contributed by atoms with Crippen LogP contribution in [0, 0.1) is 0 Å². The molecule has 2 aliphatic rings. The van der Waals surface area contributed by atoms with Gasteiger partial charge in [0.25, 0.3) is 0 Å². The Morgan fingerprint density at radius 3 is 2.54 bits per heavy atom. The molecule has 1 aliphatic heterocycles. The molecule has 4 rings (SSSR count). The van der Waals surface area contributed by atoms with Gasteiger partial charge in [0.05, 0.1) is 23.2 Å². The highest BCUT2D eigenvalue weighted by Gasteiger charge is 2.39. The summed E-state index contributed by atoms with van der Waals surface area (Å²) in [7, 11) is -3.46. The van der Waals surface area contributed by atoms with Crippen LogP contribution in [0.3, 0.4) is 0 Å². The first-order chi connectivity index (χ1) is 11.6. The molecule has 8 heteroatoms. The smallest absolute Gasteiger partial charge is 0.243 e. The second-order valence-corrected chi connectivity index (χ2v) is 8.22. The van der Waals surface area contributed by atoms with Crippen LogP contribution in [0.1, 0.15) is 37.4 Å². The minimum atomic E-state index is -3.46. The van der Waals surface area contributed by atoms with Crippen molar-refractivity contribution < 1.29 is 13.2 Å². The Hall–Kier alpha value is -1.93. The molecule has 7 nitrogen and oxygen atoms in total. The first kappa shape index (κ1) is 15.6. The van der Waals surface area contributed by atoms with Crippen LogP contribution in [0.4, 0.5) is 0 Å². The van der Waals surface area contributed by atoms with Crippen molar-refractivity contribution in [3.63, 3.8) is 0 Å². The third kappa shape index (κ3) is 2.80. The van der Waals surface area contributed by atoms with E-state index in [-0.39, 0.29) is 6.04 Å². The maximum Gasteiger partial charge on any atom is 0.243 e. The van der Waals surface area contributed by atoms with Crippen molar-refractivity contribution in [1.29, 1.82) is 0 Å². The summed E-state index contributed by atoms with van der Waals surface area (Å²) < 4.78 is 33.9. The molecule has 0 atom stereocenters. The molecule has 2 heterocycles. The fourth-order valence-corrected chi connectivity index (χ4v) is 4.35. The molecule has 0 spiro atoms. The Bertz CT molecular complexity index is 821. The zero-order valence-corrected chi connectivity index (χ0v) is 14.3. The third-order valence-corrected chi connectivity index (χ3v) is 6.34. The van der Waals surface area contributed by atoms with Gasteiger partial charge in [0.15, 0.2) is 0 Å². The maximum atomic E-state index is 12.6. The van der Waals surface area contributed by atoms with E-state index in [0.29, 0.717) is 36.3 Å². The molecule has 1 aliphatic carbocycles. The number of hydrogen-bond acceptors (Lipinski definition) is 5. The fraction of sp³-hybridized carbons (Fsp3) is 0.500. The second kappa shape index (κ2) is 5.86. The monoisotopic (exact) mass is 348 g/mol. The highest BCUT2D eigenvalue weighted by atomic mass is 32.2.